The Kier molecular flexibility index (Phi) is 5.42. The fraction of sp³-hybridized carbons (Fsp3) is 0.417. The lowest BCUT2D eigenvalue weighted by Crippen LogP contribution is -2.38. The Balaban J connectivity index is 2.30. The maximum Gasteiger partial charge on any atom is 0.258 e. The van der Waals surface area contributed by atoms with Crippen LogP contribution in [0.3, 0.4) is 0 Å². The van der Waals surface area contributed by atoms with Gasteiger partial charge in [0.25, 0.3) is 5.91 Å². The zero-order chi connectivity index (χ0) is 12.7. The molecule has 0 aliphatic rings. The average molecular weight is 241 g/mol. The van der Waals surface area contributed by atoms with Gasteiger partial charge in [0.1, 0.15) is 11.6 Å². The Morgan fingerprint density at radius 1 is 1.41 bits per heavy atom. The van der Waals surface area contributed by atoms with Crippen LogP contribution in [0.2, 0.25) is 0 Å². The monoisotopic (exact) mass is 241 g/mol. The number of nitrogens with one attached hydrogen (secondary N) is 1. The van der Waals surface area contributed by atoms with E-state index in [1.54, 1.807) is 7.11 Å². The highest BCUT2D eigenvalue weighted by molar-refractivity contribution is 5.77. The molecule has 1 N–H and O–H groups in total. The largest absolute Gasteiger partial charge is 0.484 e. The van der Waals surface area contributed by atoms with Crippen LogP contribution < -0.4 is 10.1 Å². The summed E-state index contributed by atoms with van der Waals surface area (Å²) >= 11 is 0. The van der Waals surface area contributed by atoms with Gasteiger partial charge in [-0.3, -0.25) is 4.79 Å². The van der Waals surface area contributed by atoms with Crippen molar-refractivity contribution in [2.75, 3.05) is 20.3 Å². The maximum atomic E-state index is 12.6. The Morgan fingerprint density at radius 3 is 2.65 bits per heavy atom. The average Bonchev–Trinajstić information content (AvgIpc) is 2.28. The first-order valence-corrected chi connectivity index (χ1v) is 5.28. The highest BCUT2D eigenvalue weighted by Gasteiger charge is 2.07. The maximum absolute atomic E-state index is 12.6. The first kappa shape index (κ1) is 13.4. The smallest absolute Gasteiger partial charge is 0.258 e. The molecule has 1 rings (SSSR count). The molecule has 0 aliphatic heterocycles. The fourth-order valence-electron chi connectivity index (χ4n) is 1.29. The fourth-order valence-corrected chi connectivity index (χ4v) is 1.29. The molecule has 0 spiro atoms. The van der Waals surface area contributed by atoms with Crippen molar-refractivity contribution in [2.45, 2.75) is 13.0 Å². The van der Waals surface area contributed by atoms with Gasteiger partial charge >= 0.3 is 0 Å². The molecule has 5 heteroatoms. The highest BCUT2D eigenvalue weighted by Crippen LogP contribution is 2.10. The van der Waals surface area contributed by atoms with Gasteiger partial charge in [-0.1, -0.05) is 0 Å². The van der Waals surface area contributed by atoms with E-state index in [1.807, 2.05) is 6.92 Å². The summed E-state index contributed by atoms with van der Waals surface area (Å²) in [5.74, 6) is -0.115. The summed E-state index contributed by atoms with van der Waals surface area (Å²) in [5.41, 5.74) is 0. The molecule has 1 aromatic carbocycles. The molecule has 0 aliphatic carbocycles. The Bertz CT molecular complexity index is 353. The third kappa shape index (κ3) is 5.31. The third-order valence-electron chi connectivity index (χ3n) is 2.01. The first-order chi connectivity index (χ1) is 8.11. The van der Waals surface area contributed by atoms with E-state index >= 15 is 0 Å². The second-order valence-electron chi connectivity index (χ2n) is 3.67. The van der Waals surface area contributed by atoms with E-state index in [0.717, 1.165) is 0 Å². The number of hydrogen-bond donors (Lipinski definition) is 1. The van der Waals surface area contributed by atoms with Gasteiger partial charge in [-0.25, -0.2) is 4.39 Å². The van der Waals surface area contributed by atoms with Crippen LogP contribution in [0.5, 0.6) is 5.75 Å². The molecule has 0 heterocycles. The minimum atomic E-state index is -0.337. The second-order valence-corrected chi connectivity index (χ2v) is 3.67. The van der Waals surface area contributed by atoms with Crippen LogP contribution >= 0.6 is 0 Å². The van der Waals surface area contributed by atoms with Crippen molar-refractivity contribution in [3.8, 4) is 5.75 Å². The molecule has 1 amide bonds. The predicted molar refractivity (Wildman–Crippen MR) is 61.4 cm³/mol. The van der Waals surface area contributed by atoms with Crippen molar-refractivity contribution in [3.05, 3.63) is 30.1 Å². The number of amides is 1. The predicted octanol–water partition coefficient (Wildman–Crippen LogP) is 1.36. The second kappa shape index (κ2) is 6.85. The van der Waals surface area contributed by atoms with Crippen molar-refractivity contribution < 1.29 is 18.7 Å². The van der Waals surface area contributed by atoms with Crippen LogP contribution in [-0.4, -0.2) is 32.3 Å². The molecule has 0 saturated carbocycles. The van der Waals surface area contributed by atoms with Gasteiger partial charge in [-0.05, 0) is 31.2 Å². The molecular formula is C12H16FNO3. The summed E-state index contributed by atoms with van der Waals surface area (Å²) in [4.78, 5) is 11.4. The van der Waals surface area contributed by atoms with Crippen LogP contribution in [0.15, 0.2) is 24.3 Å². The Labute approximate surface area is 99.7 Å². The number of ether oxygens (including phenoxy) is 2. The number of halogens is 1. The first-order valence-electron chi connectivity index (χ1n) is 5.28. The van der Waals surface area contributed by atoms with Crippen LogP contribution in [-0.2, 0) is 9.53 Å². The van der Waals surface area contributed by atoms with Crippen LogP contribution in [0, 0.1) is 5.82 Å². The summed E-state index contributed by atoms with van der Waals surface area (Å²) in [6.07, 6.45) is 0. The van der Waals surface area contributed by atoms with E-state index in [0.29, 0.717) is 12.4 Å². The van der Waals surface area contributed by atoms with Gasteiger partial charge in [0.2, 0.25) is 0 Å². The van der Waals surface area contributed by atoms with Crippen molar-refractivity contribution in [1.29, 1.82) is 0 Å². The summed E-state index contributed by atoms with van der Waals surface area (Å²) in [6, 6.07) is 5.44. The van der Waals surface area contributed by atoms with E-state index in [-0.39, 0.29) is 24.4 Å². The van der Waals surface area contributed by atoms with Crippen LogP contribution in [0.4, 0.5) is 4.39 Å². The third-order valence-corrected chi connectivity index (χ3v) is 2.01. The SMILES string of the molecule is COC[C@H](C)NC(=O)COc1ccc(F)cc1. The summed E-state index contributed by atoms with van der Waals surface area (Å²) < 4.78 is 22.7. The van der Waals surface area contributed by atoms with Crippen molar-refractivity contribution in [3.63, 3.8) is 0 Å². The molecule has 17 heavy (non-hydrogen) atoms. The molecule has 0 radical (unpaired) electrons. The zero-order valence-electron chi connectivity index (χ0n) is 9.90. The van der Waals surface area contributed by atoms with Gasteiger partial charge in [0.05, 0.1) is 6.61 Å². The molecule has 1 atom stereocenters. The molecule has 0 unspecified atom stereocenters. The topological polar surface area (TPSA) is 47.6 Å². The molecule has 0 bridgehead atoms. The van der Waals surface area contributed by atoms with Gasteiger partial charge in [0.15, 0.2) is 6.61 Å². The minimum Gasteiger partial charge on any atom is -0.484 e. The molecule has 0 aromatic heterocycles. The highest BCUT2D eigenvalue weighted by atomic mass is 19.1. The Hall–Kier alpha value is -1.62. The lowest BCUT2D eigenvalue weighted by molar-refractivity contribution is -0.124. The summed E-state index contributed by atoms with van der Waals surface area (Å²) in [6.45, 7) is 2.18. The molecule has 0 saturated heterocycles. The number of hydrogen-bond acceptors (Lipinski definition) is 3. The van der Waals surface area contributed by atoms with Crippen molar-refractivity contribution >= 4 is 5.91 Å². The van der Waals surface area contributed by atoms with Crippen molar-refractivity contribution in [1.82, 2.24) is 5.32 Å². The normalized spacial score (nSPS) is 11.9. The number of benzene rings is 1. The minimum absolute atomic E-state index is 0.0654. The van der Waals surface area contributed by atoms with Gasteiger partial charge in [0, 0.05) is 13.2 Å². The van der Waals surface area contributed by atoms with E-state index in [4.69, 9.17) is 9.47 Å². The lowest BCUT2D eigenvalue weighted by Gasteiger charge is -2.13. The van der Waals surface area contributed by atoms with Gasteiger partial charge in [-0.15, -0.1) is 0 Å². The molecule has 0 fully saturated rings. The number of carbonyl (C=O) groups is 1. The van der Waals surface area contributed by atoms with Gasteiger partial charge in [-0.2, -0.15) is 0 Å². The number of methoxy groups -OCH3 is 1. The molecule has 1 aromatic rings. The van der Waals surface area contributed by atoms with Crippen LogP contribution in [0.1, 0.15) is 6.92 Å². The van der Waals surface area contributed by atoms with Crippen molar-refractivity contribution in [2.24, 2.45) is 0 Å². The lowest BCUT2D eigenvalue weighted by atomic mass is 10.3. The molecular weight excluding hydrogens is 225 g/mol. The van der Waals surface area contributed by atoms with E-state index < -0.39 is 0 Å². The van der Waals surface area contributed by atoms with E-state index in [9.17, 15) is 9.18 Å². The van der Waals surface area contributed by atoms with E-state index in [1.165, 1.54) is 24.3 Å². The quantitative estimate of drug-likeness (QED) is 0.818. The molecule has 94 valence electrons. The molecule has 4 nitrogen and oxygen atoms in total. The summed E-state index contributed by atoms with van der Waals surface area (Å²) in [7, 11) is 1.57. The standard InChI is InChI=1S/C12H16FNO3/c1-9(7-16-2)14-12(15)8-17-11-5-3-10(13)4-6-11/h3-6,9H,7-8H2,1-2H3,(H,14,15)/t9-/m0/s1. The number of rotatable bonds is 6. The zero-order valence-corrected chi connectivity index (χ0v) is 9.90. The van der Waals surface area contributed by atoms with Gasteiger partial charge < -0.3 is 14.8 Å². The Morgan fingerprint density at radius 2 is 2.06 bits per heavy atom. The summed E-state index contributed by atoms with van der Waals surface area (Å²) in [5, 5.41) is 2.70. The van der Waals surface area contributed by atoms with E-state index in [2.05, 4.69) is 5.32 Å². The van der Waals surface area contributed by atoms with Crippen LogP contribution in [0.25, 0.3) is 0 Å². The number of carbonyl (C=O) groups excluding carboxylic acids is 1.